The molecule has 1 amide bonds. The first-order chi connectivity index (χ1) is 10.2. The summed E-state index contributed by atoms with van der Waals surface area (Å²) >= 11 is 0. The van der Waals surface area contributed by atoms with Gasteiger partial charge in [-0.3, -0.25) is 10.1 Å². The van der Waals surface area contributed by atoms with Gasteiger partial charge < -0.3 is 5.32 Å². The second kappa shape index (κ2) is 6.01. The third kappa shape index (κ3) is 3.08. The van der Waals surface area contributed by atoms with E-state index in [0.717, 1.165) is 30.6 Å². The lowest BCUT2D eigenvalue weighted by Crippen LogP contribution is -2.48. The maximum Gasteiger partial charge on any atom is 0.237 e. The minimum Gasteiger partial charge on any atom is -0.355 e. The summed E-state index contributed by atoms with van der Waals surface area (Å²) in [7, 11) is 0. The molecule has 0 aliphatic carbocycles. The molecule has 1 aliphatic heterocycles. The number of amides is 1. The van der Waals surface area contributed by atoms with Crippen molar-refractivity contribution in [3.05, 3.63) is 36.2 Å². The molecule has 2 aromatic rings. The van der Waals surface area contributed by atoms with Gasteiger partial charge in [0.15, 0.2) is 0 Å². The first kappa shape index (κ1) is 13.7. The van der Waals surface area contributed by atoms with Gasteiger partial charge in [-0.1, -0.05) is 12.1 Å². The minimum atomic E-state index is -0.120. The van der Waals surface area contributed by atoms with Gasteiger partial charge in [-0.05, 0) is 47.9 Å². The van der Waals surface area contributed by atoms with Gasteiger partial charge in [-0.2, -0.15) is 0 Å². The van der Waals surface area contributed by atoms with Gasteiger partial charge in [-0.25, -0.2) is 4.68 Å². The highest BCUT2D eigenvalue weighted by atomic mass is 16.2. The molecule has 21 heavy (non-hydrogen) atoms. The second-order valence-corrected chi connectivity index (χ2v) is 5.22. The summed E-state index contributed by atoms with van der Waals surface area (Å²) in [6.07, 6.45) is 3.45. The van der Waals surface area contributed by atoms with E-state index >= 15 is 0 Å². The molecule has 0 spiro atoms. The fraction of sp³-hybridized carbons (Fsp3) is 0.429. The maximum absolute atomic E-state index is 11.8. The lowest BCUT2D eigenvalue weighted by Gasteiger charge is -2.26. The number of hydrogen-bond donors (Lipinski definition) is 2. The van der Waals surface area contributed by atoms with Crippen molar-refractivity contribution in [2.45, 2.75) is 31.8 Å². The highest BCUT2D eigenvalue weighted by Gasteiger charge is 2.23. The van der Waals surface area contributed by atoms with Crippen LogP contribution in [-0.2, 0) is 4.79 Å². The molecule has 1 saturated heterocycles. The van der Waals surface area contributed by atoms with E-state index in [2.05, 4.69) is 33.1 Å². The fourth-order valence-electron chi connectivity index (χ4n) is 2.55. The average Bonchev–Trinajstić information content (AvgIpc) is 3.04. The van der Waals surface area contributed by atoms with E-state index in [1.165, 1.54) is 0 Å². The molecular formula is C14H18N6O. The molecular weight excluding hydrogens is 268 g/mol. The predicted molar refractivity (Wildman–Crippen MR) is 76.7 cm³/mol. The van der Waals surface area contributed by atoms with Gasteiger partial charge in [0.05, 0.1) is 11.7 Å². The van der Waals surface area contributed by atoms with Crippen LogP contribution in [0.25, 0.3) is 5.69 Å². The Morgan fingerprint density at radius 1 is 1.48 bits per heavy atom. The van der Waals surface area contributed by atoms with E-state index in [-0.39, 0.29) is 18.0 Å². The molecule has 1 aromatic carbocycles. The summed E-state index contributed by atoms with van der Waals surface area (Å²) in [6, 6.07) is 7.92. The van der Waals surface area contributed by atoms with E-state index in [1.54, 1.807) is 11.0 Å². The minimum absolute atomic E-state index is 0.0790. The molecule has 2 N–H and O–H groups in total. The third-order valence-electron chi connectivity index (χ3n) is 3.72. The van der Waals surface area contributed by atoms with Crippen molar-refractivity contribution in [1.82, 2.24) is 30.8 Å². The van der Waals surface area contributed by atoms with E-state index < -0.39 is 0 Å². The van der Waals surface area contributed by atoms with Crippen LogP contribution in [0, 0.1) is 0 Å². The molecule has 0 radical (unpaired) electrons. The Hall–Kier alpha value is -2.28. The highest BCUT2D eigenvalue weighted by Crippen LogP contribution is 2.18. The molecule has 7 heteroatoms. The average molecular weight is 286 g/mol. The van der Waals surface area contributed by atoms with E-state index in [0.29, 0.717) is 0 Å². The SMILES string of the molecule is CC(NC1CCCNC1=O)c1cccc(-n2cnnn2)c1. The largest absolute Gasteiger partial charge is 0.355 e. The Kier molecular flexibility index (Phi) is 3.92. The number of benzene rings is 1. The van der Waals surface area contributed by atoms with E-state index in [1.807, 2.05) is 24.3 Å². The van der Waals surface area contributed by atoms with Crippen LogP contribution < -0.4 is 10.6 Å². The van der Waals surface area contributed by atoms with Crippen molar-refractivity contribution in [3.63, 3.8) is 0 Å². The smallest absolute Gasteiger partial charge is 0.237 e. The Morgan fingerprint density at radius 3 is 3.14 bits per heavy atom. The molecule has 0 saturated carbocycles. The predicted octanol–water partition coefficient (Wildman–Crippen LogP) is 0.591. The molecule has 0 bridgehead atoms. The fourth-order valence-corrected chi connectivity index (χ4v) is 2.55. The number of carbonyl (C=O) groups is 1. The summed E-state index contributed by atoms with van der Waals surface area (Å²) < 4.78 is 1.61. The number of tetrazole rings is 1. The summed E-state index contributed by atoms with van der Waals surface area (Å²) in [4.78, 5) is 11.8. The molecule has 1 aromatic heterocycles. The number of nitrogens with zero attached hydrogens (tertiary/aromatic N) is 4. The summed E-state index contributed by atoms with van der Waals surface area (Å²) in [5.74, 6) is 0.0877. The normalized spacial score (nSPS) is 20.0. The molecule has 3 rings (SSSR count). The first-order valence-corrected chi connectivity index (χ1v) is 7.11. The van der Waals surface area contributed by atoms with Crippen LogP contribution >= 0.6 is 0 Å². The van der Waals surface area contributed by atoms with Crippen molar-refractivity contribution in [1.29, 1.82) is 0 Å². The number of carbonyl (C=O) groups excluding carboxylic acids is 1. The molecule has 110 valence electrons. The Bertz CT molecular complexity index is 612. The lowest BCUT2D eigenvalue weighted by atomic mass is 10.0. The van der Waals surface area contributed by atoms with E-state index in [9.17, 15) is 4.79 Å². The first-order valence-electron chi connectivity index (χ1n) is 7.11. The summed E-state index contributed by atoms with van der Waals surface area (Å²) in [5, 5.41) is 17.4. The quantitative estimate of drug-likeness (QED) is 0.859. The summed E-state index contributed by atoms with van der Waals surface area (Å²) in [5.41, 5.74) is 2.00. The zero-order chi connectivity index (χ0) is 14.7. The summed E-state index contributed by atoms with van der Waals surface area (Å²) in [6.45, 7) is 2.83. The molecule has 7 nitrogen and oxygen atoms in total. The van der Waals surface area contributed by atoms with Crippen molar-refractivity contribution in [2.75, 3.05) is 6.54 Å². The lowest BCUT2D eigenvalue weighted by molar-refractivity contribution is -0.124. The van der Waals surface area contributed by atoms with Crippen LogP contribution in [0.15, 0.2) is 30.6 Å². The van der Waals surface area contributed by atoms with Crippen molar-refractivity contribution < 1.29 is 4.79 Å². The van der Waals surface area contributed by atoms with Crippen LogP contribution in [0.1, 0.15) is 31.4 Å². The van der Waals surface area contributed by atoms with Gasteiger partial charge in [0.2, 0.25) is 5.91 Å². The highest BCUT2D eigenvalue weighted by molar-refractivity contribution is 5.82. The van der Waals surface area contributed by atoms with Gasteiger partial charge in [0.1, 0.15) is 6.33 Å². The maximum atomic E-state index is 11.8. The number of piperidine rings is 1. The van der Waals surface area contributed by atoms with Crippen LogP contribution in [0.5, 0.6) is 0 Å². The Labute approximate surface area is 122 Å². The molecule has 2 heterocycles. The van der Waals surface area contributed by atoms with Gasteiger partial charge in [0.25, 0.3) is 0 Å². The standard InChI is InChI=1S/C14H18N6O/c1-10(17-13-6-3-7-15-14(13)21)11-4-2-5-12(8-11)20-9-16-18-19-20/h2,4-5,8-10,13,17H,3,6-7H2,1H3,(H,15,21). The molecule has 2 atom stereocenters. The number of nitrogens with one attached hydrogen (secondary N) is 2. The van der Waals surface area contributed by atoms with Gasteiger partial charge in [-0.15, -0.1) is 5.10 Å². The van der Waals surface area contributed by atoms with Crippen LogP contribution in [0.3, 0.4) is 0 Å². The number of rotatable bonds is 4. The van der Waals surface area contributed by atoms with Crippen molar-refractivity contribution in [2.24, 2.45) is 0 Å². The van der Waals surface area contributed by atoms with Crippen LogP contribution in [0.2, 0.25) is 0 Å². The molecule has 1 fully saturated rings. The zero-order valence-corrected chi connectivity index (χ0v) is 11.9. The molecule has 1 aliphatic rings. The van der Waals surface area contributed by atoms with Gasteiger partial charge >= 0.3 is 0 Å². The Morgan fingerprint density at radius 2 is 2.38 bits per heavy atom. The monoisotopic (exact) mass is 286 g/mol. The molecule has 2 unspecified atom stereocenters. The van der Waals surface area contributed by atoms with Gasteiger partial charge in [0, 0.05) is 12.6 Å². The van der Waals surface area contributed by atoms with Crippen LogP contribution in [0.4, 0.5) is 0 Å². The van der Waals surface area contributed by atoms with E-state index in [4.69, 9.17) is 0 Å². The second-order valence-electron chi connectivity index (χ2n) is 5.22. The third-order valence-corrected chi connectivity index (χ3v) is 3.72. The topological polar surface area (TPSA) is 84.7 Å². The van der Waals surface area contributed by atoms with Crippen molar-refractivity contribution >= 4 is 5.91 Å². The Balaban J connectivity index is 1.74. The van der Waals surface area contributed by atoms with Crippen LogP contribution in [-0.4, -0.2) is 38.7 Å². The number of hydrogen-bond acceptors (Lipinski definition) is 5. The number of aromatic nitrogens is 4. The van der Waals surface area contributed by atoms with Crippen molar-refractivity contribution in [3.8, 4) is 5.69 Å². The zero-order valence-electron chi connectivity index (χ0n) is 11.9.